The Morgan fingerprint density at radius 1 is 1.19 bits per heavy atom. The lowest BCUT2D eigenvalue weighted by atomic mass is 9.45. The monoisotopic (exact) mass is 646 g/mol. The summed E-state index contributed by atoms with van der Waals surface area (Å²) in [5.74, 6) is -0.0768. The first-order valence-electron chi connectivity index (χ1n) is 14.0. The number of allylic oxidation sites excluding steroid dienone is 4. The van der Waals surface area contributed by atoms with Gasteiger partial charge in [0.2, 0.25) is 0 Å². The molecule has 0 bridgehead atoms. The van der Waals surface area contributed by atoms with Crippen LogP contribution in [-0.2, 0) is 25.3 Å². The Hall–Kier alpha value is -1.83. The van der Waals surface area contributed by atoms with E-state index in [9.17, 15) is 39.1 Å². The van der Waals surface area contributed by atoms with Crippen molar-refractivity contribution in [2.24, 2.45) is 34.5 Å². The Balaban J connectivity index is 0.000000227. The Morgan fingerprint density at radius 2 is 1.81 bits per heavy atom. The van der Waals surface area contributed by atoms with Crippen molar-refractivity contribution < 1.29 is 58.7 Å². The van der Waals surface area contributed by atoms with Gasteiger partial charge in [0.05, 0.1) is 19.0 Å². The molecule has 0 unspecified atom stereocenters. The quantitative estimate of drug-likeness (QED) is 0.198. The zero-order valence-electron chi connectivity index (χ0n) is 24.1. The average Bonchev–Trinajstić information content (AvgIpc) is 3.49. The third-order valence-electron chi connectivity index (χ3n) is 10.5. The molecule has 0 aromatic carbocycles. The number of rotatable bonds is 6. The summed E-state index contributed by atoms with van der Waals surface area (Å²) in [6.45, 7) is 4.53. The third kappa shape index (κ3) is 5.39. The first-order chi connectivity index (χ1) is 19.7. The number of carbonyl (C=O) groups excluding carboxylic acids is 2. The fourth-order valence-corrected chi connectivity index (χ4v) is 10.4. The van der Waals surface area contributed by atoms with E-state index < -0.39 is 56.3 Å². The van der Waals surface area contributed by atoms with Gasteiger partial charge in [-0.2, -0.15) is 0 Å². The van der Waals surface area contributed by atoms with Crippen LogP contribution in [0, 0.1) is 34.5 Å². The number of nitrogens with zero attached hydrogens (tertiary/aromatic N) is 2. The van der Waals surface area contributed by atoms with Crippen LogP contribution >= 0.6 is 15.2 Å². The Labute approximate surface area is 248 Å². The summed E-state index contributed by atoms with van der Waals surface area (Å²) >= 11 is 0. The second kappa shape index (κ2) is 11.2. The molecule has 0 saturated heterocycles. The maximum absolute atomic E-state index is 12.4. The predicted molar refractivity (Wildman–Crippen MR) is 151 cm³/mol. The van der Waals surface area contributed by atoms with Gasteiger partial charge in [-0.1, -0.05) is 32.4 Å². The number of carbonyl (C=O) groups is 2. The van der Waals surface area contributed by atoms with Gasteiger partial charge in [0.1, 0.15) is 12.2 Å². The SMILES string of the molecule is C[C@H]1C[C@@H]2[C@H]([C@@H](O)C[C@@]3(C)[C@H]2CC[C@]3(O)C(=O)CO)[C@@]2(C)C=CC(=O)C=C12.O=P(O)(O)C(O)(Cn1ccnc1)P(=O)(O)O. The van der Waals surface area contributed by atoms with Crippen LogP contribution < -0.4 is 0 Å². The van der Waals surface area contributed by atoms with Crippen LogP contribution in [0.5, 0.6) is 0 Å². The molecule has 16 heteroatoms. The number of hydrogen-bond acceptors (Lipinski definition) is 9. The number of fused-ring (bicyclic) bond motifs is 5. The van der Waals surface area contributed by atoms with E-state index in [1.807, 2.05) is 13.0 Å². The van der Waals surface area contributed by atoms with Crippen molar-refractivity contribution in [3.8, 4) is 0 Å². The number of ketones is 2. The largest absolute Gasteiger partial charge is 0.393 e. The summed E-state index contributed by atoms with van der Waals surface area (Å²) in [5, 5.41) is 37.9. The number of hydrogen-bond donors (Lipinski definition) is 8. The Bertz CT molecular complexity index is 1390. The van der Waals surface area contributed by atoms with E-state index in [0.29, 0.717) is 12.8 Å². The van der Waals surface area contributed by atoms with Gasteiger partial charge in [-0.05, 0) is 55.6 Å². The van der Waals surface area contributed by atoms with Crippen molar-refractivity contribution >= 4 is 26.8 Å². The maximum Gasteiger partial charge on any atom is 0.371 e. The lowest BCUT2D eigenvalue weighted by molar-refractivity contribution is -0.180. The van der Waals surface area contributed by atoms with Crippen LogP contribution in [0.1, 0.15) is 46.5 Å². The molecule has 4 aliphatic carbocycles. The van der Waals surface area contributed by atoms with Gasteiger partial charge in [-0.25, -0.2) is 4.98 Å². The van der Waals surface area contributed by atoms with Crippen LogP contribution in [0.2, 0.25) is 0 Å². The van der Waals surface area contributed by atoms with E-state index in [-0.39, 0.29) is 34.9 Å². The minimum absolute atomic E-state index is 0.00620. The number of aromatic nitrogens is 2. The minimum atomic E-state index is -5.41. The molecule has 1 aromatic rings. The van der Waals surface area contributed by atoms with Gasteiger partial charge in [-0.3, -0.25) is 18.7 Å². The Kier molecular flexibility index (Phi) is 8.87. The highest BCUT2D eigenvalue weighted by molar-refractivity contribution is 7.72. The van der Waals surface area contributed by atoms with Crippen molar-refractivity contribution in [2.45, 2.75) is 69.8 Å². The molecule has 3 saturated carbocycles. The van der Waals surface area contributed by atoms with Crippen molar-refractivity contribution in [3.05, 3.63) is 42.5 Å². The van der Waals surface area contributed by atoms with E-state index in [1.165, 1.54) is 12.4 Å². The van der Waals surface area contributed by atoms with Gasteiger partial charge < -0.3 is 44.6 Å². The smallest absolute Gasteiger partial charge is 0.371 e. The Morgan fingerprint density at radius 3 is 2.35 bits per heavy atom. The molecule has 0 amide bonds. The molecule has 0 spiro atoms. The molecule has 240 valence electrons. The van der Waals surface area contributed by atoms with Gasteiger partial charge in [0, 0.05) is 29.1 Å². The lowest BCUT2D eigenvalue weighted by Gasteiger charge is -2.60. The summed E-state index contributed by atoms with van der Waals surface area (Å²) < 4.78 is 22.8. The number of aliphatic hydroxyl groups is 4. The zero-order valence-corrected chi connectivity index (χ0v) is 25.9. The van der Waals surface area contributed by atoms with Gasteiger partial charge in [0.25, 0.3) is 5.08 Å². The van der Waals surface area contributed by atoms with Crippen LogP contribution in [0.3, 0.4) is 0 Å². The van der Waals surface area contributed by atoms with Crippen molar-refractivity contribution in [2.75, 3.05) is 6.61 Å². The number of Topliss-reactive ketones (excluding diaryl/α,β-unsaturated/α-hetero) is 1. The molecule has 5 rings (SSSR count). The van der Waals surface area contributed by atoms with Crippen LogP contribution in [-0.4, -0.2) is 84.5 Å². The summed E-state index contributed by atoms with van der Waals surface area (Å²) in [5.41, 5.74) is -1.59. The highest BCUT2D eigenvalue weighted by Gasteiger charge is 2.68. The molecule has 0 aliphatic heterocycles. The molecular weight excluding hydrogens is 606 g/mol. The van der Waals surface area contributed by atoms with E-state index >= 15 is 0 Å². The van der Waals surface area contributed by atoms with E-state index in [1.54, 1.807) is 12.2 Å². The average molecular weight is 647 g/mol. The second-order valence-corrected chi connectivity index (χ2v) is 16.8. The fourth-order valence-electron chi connectivity index (χ4n) is 8.32. The topological polar surface area (TPSA) is 248 Å². The van der Waals surface area contributed by atoms with Crippen molar-refractivity contribution in [3.63, 3.8) is 0 Å². The van der Waals surface area contributed by atoms with Crippen LogP contribution in [0.15, 0.2) is 42.5 Å². The summed E-state index contributed by atoms with van der Waals surface area (Å²) in [7, 11) is -10.8. The highest BCUT2D eigenvalue weighted by Crippen LogP contribution is 2.69. The zero-order chi connectivity index (χ0) is 32.4. The number of imidazole rings is 1. The van der Waals surface area contributed by atoms with Crippen molar-refractivity contribution in [1.29, 1.82) is 0 Å². The summed E-state index contributed by atoms with van der Waals surface area (Å²) in [6, 6.07) is 0. The summed E-state index contributed by atoms with van der Waals surface area (Å²) in [6.07, 6.45) is 10.4. The van der Waals surface area contributed by atoms with Crippen LogP contribution in [0.25, 0.3) is 0 Å². The van der Waals surface area contributed by atoms with E-state index in [4.69, 9.17) is 19.6 Å². The van der Waals surface area contributed by atoms with Crippen molar-refractivity contribution in [1.82, 2.24) is 9.55 Å². The van der Waals surface area contributed by atoms with Crippen LogP contribution in [0.4, 0.5) is 0 Å². The molecule has 0 radical (unpaired) electrons. The van der Waals surface area contributed by atoms with E-state index in [2.05, 4.69) is 18.8 Å². The molecule has 1 aromatic heterocycles. The fraction of sp³-hybridized carbons (Fsp3) is 0.667. The maximum atomic E-state index is 12.4. The molecule has 8 atom stereocenters. The van der Waals surface area contributed by atoms with E-state index in [0.717, 1.165) is 29.3 Å². The minimum Gasteiger partial charge on any atom is -0.393 e. The molecule has 1 heterocycles. The third-order valence-corrected chi connectivity index (χ3v) is 14.2. The number of aliphatic hydroxyl groups excluding tert-OH is 2. The highest BCUT2D eigenvalue weighted by atomic mass is 31.2. The molecule has 8 N–H and O–H groups in total. The first kappa shape index (κ1) is 34.1. The lowest BCUT2D eigenvalue weighted by Crippen LogP contribution is -2.62. The summed E-state index contributed by atoms with van der Waals surface area (Å²) in [4.78, 5) is 63.1. The second-order valence-electron chi connectivity index (χ2n) is 12.8. The van der Waals surface area contributed by atoms with Gasteiger partial charge >= 0.3 is 15.2 Å². The van der Waals surface area contributed by atoms with Gasteiger partial charge in [-0.15, -0.1) is 0 Å². The predicted octanol–water partition coefficient (Wildman–Crippen LogP) is 0.688. The molecule has 43 heavy (non-hydrogen) atoms. The molecular formula is C27H40N2O12P2. The first-order valence-corrected chi connectivity index (χ1v) is 17.2. The normalized spacial score (nSPS) is 37.4. The molecule has 3 fully saturated rings. The standard InChI is InChI=1S/C22H30O5.C5H10N2O7P2/c1-12-8-14-15-5-7-22(27,18(26)11-23)21(15,3)10-17(25)19(14)20(2)6-4-13(24)9-16(12)20;8-5(15(9,10)11,16(12,13)14)3-7-2-1-6-4-7/h4,6,9,12,14-15,17,19,23,25,27H,5,7-8,10-11H2,1-3H3;1-2,4,8H,3H2,(H2,9,10,11)(H2,12,13,14)/t12-,14-,15-,17-,19+,20-,21-,22-;/m0./s1. The van der Waals surface area contributed by atoms with Gasteiger partial charge in [0.15, 0.2) is 11.6 Å². The molecule has 14 nitrogen and oxygen atoms in total. The molecule has 4 aliphatic rings.